The Kier molecular flexibility index (Phi) is 4.94. The number of hydrogen-bond donors (Lipinski definition) is 0. The largest absolute Gasteiger partial charge is 0.489 e. The molecule has 5 nitrogen and oxygen atoms in total. The fraction of sp³-hybridized carbons (Fsp3) is 0.130. The van der Waals surface area contributed by atoms with Gasteiger partial charge in [0, 0.05) is 0 Å². The van der Waals surface area contributed by atoms with Gasteiger partial charge >= 0.3 is 0 Å². The number of benzene rings is 3. The first kappa shape index (κ1) is 17.6. The van der Waals surface area contributed by atoms with Crippen molar-refractivity contribution in [1.29, 1.82) is 5.26 Å². The molecule has 0 spiro atoms. The molecule has 0 radical (unpaired) electrons. The standard InChI is InChI=1S/C23H18N2O3/c24-14-17-10-12-19(13-11-17)27-16-23(26)25-20-8-4-5-9-22(20)28-15-21(25)18-6-2-1-3-7-18/h1-13,21H,15-16H2/t21-/m1/s1. The average molecular weight is 370 g/mol. The van der Waals surface area contributed by atoms with E-state index in [1.165, 1.54) is 0 Å². The molecule has 0 fully saturated rings. The van der Waals surface area contributed by atoms with Crippen LogP contribution in [0, 0.1) is 11.3 Å². The van der Waals surface area contributed by atoms with Crippen LogP contribution >= 0.6 is 0 Å². The molecule has 1 amide bonds. The minimum absolute atomic E-state index is 0.108. The van der Waals surface area contributed by atoms with E-state index in [4.69, 9.17) is 14.7 Å². The first-order valence-corrected chi connectivity index (χ1v) is 8.98. The summed E-state index contributed by atoms with van der Waals surface area (Å²) in [6, 6.07) is 25.9. The number of fused-ring (bicyclic) bond motifs is 1. The molecule has 1 heterocycles. The number of carbonyl (C=O) groups is 1. The molecular formula is C23H18N2O3. The van der Waals surface area contributed by atoms with Crippen LogP contribution < -0.4 is 14.4 Å². The van der Waals surface area contributed by atoms with Crippen molar-refractivity contribution in [2.75, 3.05) is 18.1 Å². The minimum atomic E-state index is -0.229. The fourth-order valence-corrected chi connectivity index (χ4v) is 3.26. The number of para-hydroxylation sites is 2. The van der Waals surface area contributed by atoms with Gasteiger partial charge in [-0.3, -0.25) is 9.69 Å². The Morgan fingerprint density at radius 2 is 1.75 bits per heavy atom. The van der Waals surface area contributed by atoms with E-state index in [0.29, 0.717) is 23.7 Å². The van der Waals surface area contributed by atoms with Gasteiger partial charge in [-0.25, -0.2) is 0 Å². The smallest absolute Gasteiger partial charge is 0.265 e. The highest BCUT2D eigenvalue weighted by atomic mass is 16.5. The third-order valence-electron chi connectivity index (χ3n) is 4.63. The van der Waals surface area contributed by atoms with Crippen LogP contribution in [-0.4, -0.2) is 19.1 Å². The van der Waals surface area contributed by atoms with E-state index in [0.717, 1.165) is 11.3 Å². The lowest BCUT2D eigenvalue weighted by Crippen LogP contribution is -2.43. The first-order valence-electron chi connectivity index (χ1n) is 8.98. The summed E-state index contributed by atoms with van der Waals surface area (Å²) in [6.07, 6.45) is 0. The summed E-state index contributed by atoms with van der Waals surface area (Å²) in [5.41, 5.74) is 2.28. The second kappa shape index (κ2) is 7.85. The predicted molar refractivity (Wildman–Crippen MR) is 105 cm³/mol. The van der Waals surface area contributed by atoms with E-state index in [1.54, 1.807) is 29.2 Å². The van der Waals surface area contributed by atoms with Gasteiger partial charge in [0.2, 0.25) is 0 Å². The average Bonchev–Trinajstić information content (AvgIpc) is 2.77. The SMILES string of the molecule is N#Cc1ccc(OCC(=O)N2c3ccccc3OC[C@@H]2c2ccccc2)cc1. The van der Waals surface area contributed by atoms with Crippen LogP contribution in [0.3, 0.4) is 0 Å². The number of anilines is 1. The molecule has 4 rings (SSSR count). The van der Waals surface area contributed by atoms with E-state index in [-0.39, 0.29) is 18.6 Å². The van der Waals surface area contributed by atoms with Crippen LogP contribution in [0.25, 0.3) is 0 Å². The zero-order valence-electron chi connectivity index (χ0n) is 15.1. The van der Waals surface area contributed by atoms with Gasteiger partial charge in [0.25, 0.3) is 5.91 Å². The summed E-state index contributed by atoms with van der Waals surface area (Å²) < 4.78 is 11.6. The highest BCUT2D eigenvalue weighted by molar-refractivity contribution is 5.97. The number of nitrogens with zero attached hydrogens (tertiary/aromatic N) is 2. The summed E-state index contributed by atoms with van der Waals surface area (Å²) in [5.74, 6) is 1.07. The molecule has 1 atom stereocenters. The molecule has 138 valence electrons. The highest BCUT2D eigenvalue weighted by Crippen LogP contribution is 2.39. The number of nitriles is 1. The quantitative estimate of drug-likeness (QED) is 0.694. The fourth-order valence-electron chi connectivity index (χ4n) is 3.26. The maximum absolute atomic E-state index is 13.1. The Morgan fingerprint density at radius 1 is 1.04 bits per heavy atom. The Balaban J connectivity index is 1.59. The second-order valence-corrected chi connectivity index (χ2v) is 6.39. The van der Waals surface area contributed by atoms with Crippen LogP contribution in [0.4, 0.5) is 5.69 Å². The van der Waals surface area contributed by atoms with Crippen molar-refractivity contribution < 1.29 is 14.3 Å². The predicted octanol–water partition coefficient (Wildman–Crippen LogP) is 4.10. The summed E-state index contributed by atoms with van der Waals surface area (Å²) >= 11 is 0. The topological polar surface area (TPSA) is 62.6 Å². The molecule has 0 N–H and O–H groups in total. The van der Waals surface area contributed by atoms with Gasteiger partial charge in [-0.2, -0.15) is 5.26 Å². The Morgan fingerprint density at radius 3 is 2.50 bits per heavy atom. The molecule has 3 aromatic rings. The maximum atomic E-state index is 13.1. The highest BCUT2D eigenvalue weighted by Gasteiger charge is 2.33. The third-order valence-corrected chi connectivity index (χ3v) is 4.63. The van der Waals surface area contributed by atoms with Crippen molar-refractivity contribution in [2.45, 2.75) is 6.04 Å². The molecule has 0 aromatic heterocycles. The maximum Gasteiger partial charge on any atom is 0.265 e. The lowest BCUT2D eigenvalue weighted by molar-refractivity contribution is -0.121. The number of ether oxygens (including phenoxy) is 2. The van der Waals surface area contributed by atoms with Gasteiger partial charge in [0.1, 0.15) is 18.1 Å². The van der Waals surface area contributed by atoms with Crippen LogP contribution in [0.1, 0.15) is 17.2 Å². The molecule has 0 saturated carbocycles. The molecule has 1 aliphatic heterocycles. The molecule has 1 aliphatic rings. The van der Waals surface area contributed by atoms with Gasteiger partial charge in [-0.15, -0.1) is 0 Å². The van der Waals surface area contributed by atoms with E-state index < -0.39 is 0 Å². The first-order chi connectivity index (χ1) is 13.8. The summed E-state index contributed by atoms with van der Waals surface area (Å²) in [6.45, 7) is 0.271. The van der Waals surface area contributed by atoms with Crippen molar-refractivity contribution in [3.8, 4) is 17.6 Å². The van der Waals surface area contributed by atoms with Crippen LogP contribution in [0.5, 0.6) is 11.5 Å². The van der Waals surface area contributed by atoms with Gasteiger partial charge < -0.3 is 9.47 Å². The van der Waals surface area contributed by atoms with Crippen molar-refractivity contribution in [2.24, 2.45) is 0 Å². The van der Waals surface area contributed by atoms with Gasteiger partial charge in [-0.05, 0) is 42.0 Å². The van der Waals surface area contributed by atoms with Crippen molar-refractivity contribution in [3.05, 3.63) is 90.0 Å². The number of carbonyl (C=O) groups excluding carboxylic acids is 1. The zero-order valence-corrected chi connectivity index (χ0v) is 15.1. The number of rotatable bonds is 4. The molecular weight excluding hydrogens is 352 g/mol. The lowest BCUT2D eigenvalue weighted by atomic mass is 10.0. The monoisotopic (exact) mass is 370 g/mol. The Labute approximate surface area is 163 Å². The number of amides is 1. The summed E-state index contributed by atoms with van der Waals surface area (Å²) in [4.78, 5) is 14.9. The molecule has 0 aliphatic carbocycles. The summed E-state index contributed by atoms with van der Waals surface area (Å²) in [7, 11) is 0. The van der Waals surface area contributed by atoms with E-state index >= 15 is 0 Å². The lowest BCUT2D eigenvalue weighted by Gasteiger charge is -2.37. The van der Waals surface area contributed by atoms with E-state index in [9.17, 15) is 4.79 Å². The summed E-state index contributed by atoms with van der Waals surface area (Å²) in [5, 5.41) is 8.88. The molecule has 0 unspecified atom stereocenters. The van der Waals surface area contributed by atoms with Crippen LogP contribution in [-0.2, 0) is 4.79 Å². The van der Waals surface area contributed by atoms with E-state index in [1.807, 2.05) is 54.6 Å². The number of hydrogen-bond acceptors (Lipinski definition) is 4. The minimum Gasteiger partial charge on any atom is -0.489 e. The van der Waals surface area contributed by atoms with Crippen LogP contribution in [0.2, 0.25) is 0 Å². The Hall–Kier alpha value is -3.78. The van der Waals surface area contributed by atoms with Gasteiger partial charge in [0.05, 0.1) is 23.4 Å². The third kappa shape index (κ3) is 3.53. The van der Waals surface area contributed by atoms with Gasteiger partial charge in [-0.1, -0.05) is 42.5 Å². The van der Waals surface area contributed by atoms with Crippen molar-refractivity contribution >= 4 is 11.6 Å². The zero-order chi connectivity index (χ0) is 19.3. The van der Waals surface area contributed by atoms with Crippen LogP contribution in [0.15, 0.2) is 78.9 Å². The molecule has 3 aromatic carbocycles. The van der Waals surface area contributed by atoms with Gasteiger partial charge in [0.15, 0.2) is 6.61 Å². The molecule has 5 heteroatoms. The van der Waals surface area contributed by atoms with Crippen molar-refractivity contribution in [1.82, 2.24) is 0 Å². The molecule has 0 bridgehead atoms. The Bertz CT molecular complexity index is 1010. The molecule has 28 heavy (non-hydrogen) atoms. The normalized spacial score (nSPS) is 15.1. The molecule has 0 saturated heterocycles. The second-order valence-electron chi connectivity index (χ2n) is 6.39. The van der Waals surface area contributed by atoms with E-state index in [2.05, 4.69) is 6.07 Å². The van der Waals surface area contributed by atoms with Crippen molar-refractivity contribution in [3.63, 3.8) is 0 Å².